The van der Waals surface area contributed by atoms with Gasteiger partial charge < -0.3 is 8.97 Å². The van der Waals surface area contributed by atoms with E-state index in [0.29, 0.717) is 17.5 Å². The molecule has 5 aromatic heterocycles. The lowest BCUT2D eigenvalue weighted by Gasteiger charge is -2.13. The zero-order chi connectivity index (χ0) is 37.2. The van der Waals surface area contributed by atoms with E-state index in [1.807, 2.05) is 47.7 Å². The van der Waals surface area contributed by atoms with E-state index in [4.69, 9.17) is 15.0 Å². The number of nitrogens with zero attached hydrogens (tertiary/aromatic N) is 5. The van der Waals surface area contributed by atoms with E-state index in [-0.39, 0.29) is 0 Å². The van der Waals surface area contributed by atoms with Gasteiger partial charge in [-0.15, -0.1) is 11.3 Å². The Morgan fingerprint density at radius 1 is 0.386 bits per heavy atom. The number of aromatic nitrogens is 5. The van der Waals surface area contributed by atoms with Crippen molar-refractivity contribution in [2.24, 2.45) is 0 Å². The molecule has 0 radical (unpaired) electrons. The highest BCUT2D eigenvalue weighted by molar-refractivity contribution is 7.26. The molecule has 0 spiro atoms. The van der Waals surface area contributed by atoms with E-state index in [1.54, 1.807) is 0 Å². The van der Waals surface area contributed by atoms with E-state index < -0.39 is 0 Å². The molecular weight excluding hydrogens is 715 g/mol. The monoisotopic (exact) mass is 743 g/mol. The quantitative estimate of drug-likeness (QED) is 0.180. The van der Waals surface area contributed by atoms with E-state index in [9.17, 15) is 0 Å². The molecule has 57 heavy (non-hydrogen) atoms. The van der Waals surface area contributed by atoms with E-state index in [0.717, 1.165) is 27.8 Å². The Balaban J connectivity index is 1.16. The number of hydrogen-bond acceptors (Lipinski definition) is 4. The van der Waals surface area contributed by atoms with Gasteiger partial charge >= 0.3 is 0 Å². The summed E-state index contributed by atoms with van der Waals surface area (Å²) in [6, 6.07) is 62.7. The summed E-state index contributed by atoms with van der Waals surface area (Å²) in [7, 11) is 0. The van der Waals surface area contributed by atoms with Crippen molar-refractivity contribution in [3.8, 4) is 39.9 Å². The molecule has 13 aromatic rings. The minimum atomic E-state index is 0.653. The average molecular weight is 744 g/mol. The molecule has 0 saturated heterocycles. The van der Waals surface area contributed by atoms with Crippen LogP contribution in [0.5, 0.6) is 0 Å². The Morgan fingerprint density at radius 2 is 0.930 bits per heavy atom. The normalized spacial score (nSPS) is 12.2. The van der Waals surface area contributed by atoms with Crippen molar-refractivity contribution < 1.29 is 0 Å². The Hall–Kier alpha value is -7.41. The molecule has 5 nitrogen and oxygen atoms in total. The highest BCUT2D eigenvalue weighted by Gasteiger charge is 2.26. The van der Waals surface area contributed by atoms with Gasteiger partial charge in [0.15, 0.2) is 17.5 Å². The Morgan fingerprint density at radius 3 is 1.63 bits per heavy atom. The standard InChI is InChI=1S/C51H29N5S/c1-3-15-30(16-4-1)49-52-50(31-17-5-2-6-18-31)54-51(53-49)36-27-28-41(48-44(36)35-22-10-14-26-43(35)57-48)55-39-24-12-8-20-33(39)45-42(55)29-37-32-19-7-11-23-38(32)56-40-25-13-9-21-34(40)46(45)47(37)56/h1-29H. The summed E-state index contributed by atoms with van der Waals surface area (Å²) in [5, 5.41) is 9.98. The molecule has 0 unspecified atom stereocenters. The topological polar surface area (TPSA) is 48.0 Å². The first-order chi connectivity index (χ1) is 28.3. The third-order valence-corrected chi connectivity index (χ3v) is 12.9. The second kappa shape index (κ2) is 11.6. The first-order valence-electron chi connectivity index (χ1n) is 19.2. The highest BCUT2D eigenvalue weighted by atomic mass is 32.1. The zero-order valence-corrected chi connectivity index (χ0v) is 31.2. The molecule has 0 fully saturated rings. The third-order valence-electron chi connectivity index (χ3n) is 11.7. The van der Waals surface area contributed by atoms with Crippen LogP contribution in [0.2, 0.25) is 0 Å². The van der Waals surface area contributed by atoms with Crippen molar-refractivity contribution in [2.45, 2.75) is 0 Å². The fraction of sp³-hybridized carbons (Fsp3) is 0. The van der Waals surface area contributed by atoms with Crippen LogP contribution in [0.3, 0.4) is 0 Å². The number of benzene rings is 8. The lowest BCUT2D eigenvalue weighted by Crippen LogP contribution is -2.01. The van der Waals surface area contributed by atoms with E-state index >= 15 is 0 Å². The molecule has 0 amide bonds. The Kier molecular flexibility index (Phi) is 6.26. The first-order valence-corrected chi connectivity index (χ1v) is 20.0. The van der Waals surface area contributed by atoms with Crippen LogP contribution < -0.4 is 0 Å². The summed E-state index contributed by atoms with van der Waals surface area (Å²) in [4.78, 5) is 15.4. The van der Waals surface area contributed by atoms with Gasteiger partial charge in [0.1, 0.15) is 0 Å². The van der Waals surface area contributed by atoms with Gasteiger partial charge in [-0.1, -0.05) is 133 Å². The van der Waals surface area contributed by atoms with Gasteiger partial charge in [-0.25, -0.2) is 15.0 Å². The van der Waals surface area contributed by atoms with Crippen molar-refractivity contribution in [3.63, 3.8) is 0 Å². The highest BCUT2D eigenvalue weighted by Crippen LogP contribution is 2.49. The van der Waals surface area contributed by atoms with Crippen molar-refractivity contribution in [2.75, 3.05) is 0 Å². The van der Waals surface area contributed by atoms with Crippen molar-refractivity contribution in [3.05, 3.63) is 176 Å². The van der Waals surface area contributed by atoms with Gasteiger partial charge in [0.2, 0.25) is 0 Å². The van der Waals surface area contributed by atoms with Gasteiger partial charge in [0, 0.05) is 64.5 Å². The molecule has 5 heterocycles. The largest absolute Gasteiger partial charge is 0.308 e. The molecule has 0 atom stereocenters. The summed E-state index contributed by atoms with van der Waals surface area (Å²) in [5.41, 5.74) is 10.2. The van der Waals surface area contributed by atoms with Gasteiger partial charge in [0.05, 0.1) is 38.0 Å². The zero-order valence-electron chi connectivity index (χ0n) is 30.4. The molecular formula is C51H29N5S. The van der Waals surface area contributed by atoms with Crippen LogP contribution in [0.15, 0.2) is 176 Å². The fourth-order valence-corrected chi connectivity index (χ4v) is 10.6. The van der Waals surface area contributed by atoms with Gasteiger partial charge in [-0.3, -0.25) is 0 Å². The number of fused-ring (bicyclic) bond motifs is 13. The molecule has 0 aliphatic rings. The number of thiophene rings is 1. The Bertz CT molecular complexity index is 3690. The van der Waals surface area contributed by atoms with Gasteiger partial charge in [-0.05, 0) is 42.5 Å². The lowest BCUT2D eigenvalue weighted by molar-refractivity contribution is 1.08. The van der Waals surface area contributed by atoms with E-state index in [1.165, 1.54) is 74.7 Å². The van der Waals surface area contributed by atoms with Crippen molar-refractivity contribution in [1.29, 1.82) is 0 Å². The minimum Gasteiger partial charge on any atom is -0.308 e. The average Bonchev–Trinajstić information content (AvgIpc) is 4.02. The third kappa shape index (κ3) is 4.25. The van der Waals surface area contributed by atoms with Crippen LogP contribution in [0.1, 0.15) is 0 Å². The number of para-hydroxylation sites is 3. The first kappa shape index (κ1) is 30.9. The summed E-state index contributed by atoms with van der Waals surface area (Å²) in [5.74, 6) is 1.96. The van der Waals surface area contributed by atoms with Gasteiger partial charge in [0.25, 0.3) is 0 Å². The van der Waals surface area contributed by atoms with Crippen LogP contribution in [-0.2, 0) is 0 Å². The molecule has 264 valence electrons. The van der Waals surface area contributed by atoms with Crippen LogP contribution in [-0.4, -0.2) is 23.9 Å². The van der Waals surface area contributed by atoms with Gasteiger partial charge in [-0.2, -0.15) is 0 Å². The second-order valence-corrected chi connectivity index (χ2v) is 15.8. The second-order valence-electron chi connectivity index (χ2n) is 14.7. The van der Waals surface area contributed by atoms with E-state index in [2.05, 4.69) is 148 Å². The summed E-state index contributed by atoms with van der Waals surface area (Å²) >= 11 is 1.83. The predicted molar refractivity (Wildman–Crippen MR) is 238 cm³/mol. The van der Waals surface area contributed by atoms with Crippen LogP contribution in [0.25, 0.3) is 120 Å². The molecule has 0 aliphatic carbocycles. The summed E-state index contributed by atoms with van der Waals surface area (Å²) in [6.07, 6.45) is 0. The lowest BCUT2D eigenvalue weighted by atomic mass is 10.0. The van der Waals surface area contributed by atoms with Crippen molar-refractivity contribution in [1.82, 2.24) is 23.9 Å². The van der Waals surface area contributed by atoms with Crippen molar-refractivity contribution >= 4 is 91.4 Å². The molecule has 0 aliphatic heterocycles. The Labute approximate surface area is 329 Å². The number of hydrogen-bond donors (Lipinski definition) is 0. The minimum absolute atomic E-state index is 0.653. The summed E-state index contributed by atoms with van der Waals surface area (Å²) < 4.78 is 7.40. The number of rotatable bonds is 4. The fourth-order valence-electron chi connectivity index (χ4n) is 9.33. The molecule has 6 heteroatoms. The van der Waals surface area contributed by atoms with Crippen LogP contribution >= 0.6 is 11.3 Å². The predicted octanol–water partition coefficient (Wildman–Crippen LogP) is 13.5. The molecule has 8 aromatic carbocycles. The SMILES string of the molecule is c1ccc(-c2nc(-c3ccccc3)nc(-c3ccc(-n4c5ccccc5c5c6c7ccccc7n7c8ccccc8c(cc54)c67)c4sc5ccccc5c34)n2)cc1. The molecule has 0 N–H and O–H groups in total. The maximum absolute atomic E-state index is 5.21. The van der Waals surface area contributed by atoms with Crippen LogP contribution in [0, 0.1) is 0 Å². The maximum Gasteiger partial charge on any atom is 0.164 e. The maximum atomic E-state index is 5.21. The van der Waals surface area contributed by atoms with Crippen LogP contribution in [0.4, 0.5) is 0 Å². The molecule has 13 rings (SSSR count). The molecule has 0 saturated carbocycles. The smallest absolute Gasteiger partial charge is 0.164 e. The molecule has 0 bridgehead atoms. The summed E-state index contributed by atoms with van der Waals surface area (Å²) in [6.45, 7) is 0.